The smallest absolute Gasteiger partial charge is 0.267 e. The third kappa shape index (κ3) is 4.16. The Bertz CT molecular complexity index is 1010. The van der Waals surface area contributed by atoms with Gasteiger partial charge in [-0.3, -0.25) is 10.0 Å². The predicted octanol–water partition coefficient (Wildman–Crippen LogP) is 3.06. The number of nitrogen functional groups attached to an aromatic ring is 2. The molecule has 0 spiro atoms. The summed E-state index contributed by atoms with van der Waals surface area (Å²) in [6.07, 6.45) is 3.58. The zero-order valence-corrected chi connectivity index (χ0v) is 15.4. The number of carbonyl (C=O) groups is 1. The van der Waals surface area contributed by atoms with E-state index in [9.17, 15) is 4.79 Å². The Morgan fingerprint density at radius 1 is 1.00 bits per heavy atom. The zero-order chi connectivity index (χ0) is 20.1. The van der Waals surface area contributed by atoms with Gasteiger partial charge >= 0.3 is 0 Å². The van der Waals surface area contributed by atoms with Crippen LogP contribution in [0.3, 0.4) is 0 Å². The molecule has 2 aromatic carbocycles. The van der Waals surface area contributed by atoms with Crippen LogP contribution in [0.2, 0.25) is 0 Å². The number of nitrogens with zero attached hydrogens (tertiary/aromatic N) is 2. The van der Waals surface area contributed by atoms with Crippen molar-refractivity contribution in [1.82, 2.24) is 15.4 Å². The fraction of sp³-hybridized carbons (Fsp3) is 0.0952. The lowest BCUT2D eigenvalue weighted by Gasteiger charge is -2.11. The Morgan fingerprint density at radius 3 is 2.14 bits per heavy atom. The van der Waals surface area contributed by atoms with Gasteiger partial charge in [-0.2, -0.15) is 4.98 Å². The Balaban J connectivity index is 1.86. The van der Waals surface area contributed by atoms with Crippen LogP contribution in [-0.4, -0.2) is 21.1 Å². The summed E-state index contributed by atoms with van der Waals surface area (Å²) in [7, 11) is 0. The van der Waals surface area contributed by atoms with Crippen LogP contribution in [0, 0.1) is 0 Å². The van der Waals surface area contributed by atoms with E-state index in [4.69, 9.17) is 16.7 Å². The lowest BCUT2D eigenvalue weighted by atomic mass is 9.98. The molecule has 142 valence electrons. The number of hydroxylamine groups is 1. The van der Waals surface area contributed by atoms with Gasteiger partial charge in [-0.25, -0.2) is 10.5 Å². The maximum absolute atomic E-state index is 11.0. The van der Waals surface area contributed by atoms with Gasteiger partial charge in [0.25, 0.3) is 5.91 Å². The minimum Gasteiger partial charge on any atom is -0.383 e. The Morgan fingerprint density at radius 2 is 1.57 bits per heavy atom. The van der Waals surface area contributed by atoms with Crippen molar-refractivity contribution in [3.63, 3.8) is 0 Å². The SMILES string of the molecule is CCc1nc(N)nc(N)c1-c1ccc(-c2ccc(/C=C/C(=O)NO)cc2)cc1. The lowest BCUT2D eigenvalue weighted by Crippen LogP contribution is -2.14. The maximum Gasteiger partial charge on any atom is 0.267 e. The molecule has 6 N–H and O–H groups in total. The van der Waals surface area contributed by atoms with Crippen LogP contribution < -0.4 is 16.9 Å². The van der Waals surface area contributed by atoms with Gasteiger partial charge in [0, 0.05) is 11.6 Å². The molecule has 7 nitrogen and oxygen atoms in total. The van der Waals surface area contributed by atoms with Crippen molar-refractivity contribution in [2.45, 2.75) is 13.3 Å². The van der Waals surface area contributed by atoms with Crippen molar-refractivity contribution in [1.29, 1.82) is 0 Å². The summed E-state index contributed by atoms with van der Waals surface area (Å²) in [5.41, 5.74) is 18.8. The number of anilines is 2. The lowest BCUT2D eigenvalue weighted by molar-refractivity contribution is -0.124. The molecule has 1 heterocycles. The minimum atomic E-state index is -0.572. The van der Waals surface area contributed by atoms with E-state index in [0.29, 0.717) is 12.2 Å². The van der Waals surface area contributed by atoms with Gasteiger partial charge in [0.2, 0.25) is 5.95 Å². The summed E-state index contributed by atoms with van der Waals surface area (Å²) >= 11 is 0. The molecule has 28 heavy (non-hydrogen) atoms. The molecular weight excluding hydrogens is 354 g/mol. The van der Waals surface area contributed by atoms with Gasteiger partial charge in [-0.05, 0) is 34.8 Å². The van der Waals surface area contributed by atoms with E-state index in [1.807, 2.05) is 55.5 Å². The van der Waals surface area contributed by atoms with Crippen molar-refractivity contribution in [3.8, 4) is 22.3 Å². The average molecular weight is 375 g/mol. The number of nitrogens with one attached hydrogen (secondary N) is 1. The molecule has 1 amide bonds. The third-order valence-corrected chi connectivity index (χ3v) is 4.32. The number of carbonyl (C=O) groups excluding carboxylic acids is 1. The molecule has 1 aromatic heterocycles. The molecule has 3 rings (SSSR count). The van der Waals surface area contributed by atoms with Gasteiger partial charge in [-0.15, -0.1) is 0 Å². The van der Waals surface area contributed by atoms with E-state index in [-0.39, 0.29) is 5.95 Å². The highest BCUT2D eigenvalue weighted by molar-refractivity contribution is 5.90. The molecule has 0 aliphatic heterocycles. The van der Waals surface area contributed by atoms with E-state index in [2.05, 4.69) is 9.97 Å². The van der Waals surface area contributed by atoms with Crippen LogP contribution in [0.25, 0.3) is 28.3 Å². The molecule has 0 saturated carbocycles. The van der Waals surface area contributed by atoms with Gasteiger partial charge in [-0.1, -0.05) is 55.5 Å². The summed E-state index contributed by atoms with van der Waals surface area (Å²) in [5, 5.41) is 8.50. The summed E-state index contributed by atoms with van der Waals surface area (Å²) in [4.78, 5) is 19.4. The molecule has 0 atom stereocenters. The number of benzene rings is 2. The first-order valence-electron chi connectivity index (χ1n) is 8.76. The number of hydrogen-bond acceptors (Lipinski definition) is 6. The number of nitrogens with two attached hydrogens (primary N) is 2. The molecule has 3 aromatic rings. The van der Waals surface area contributed by atoms with Crippen molar-refractivity contribution < 1.29 is 10.0 Å². The van der Waals surface area contributed by atoms with E-state index in [1.165, 1.54) is 6.08 Å². The molecule has 0 fully saturated rings. The number of aromatic nitrogens is 2. The third-order valence-electron chi connectivity index (χ3n) is 4.32. The van der Waals surface area contributed by atoms with E-state index in [0.717, 1.165) is 33.5 Å². The largest absolute Gasteiger partial charge is 0.383 e. The maximum atomic E-state index is 11.0. The summed E-state index contributed by atoms with van der Waals surface area (Å²) in [6.45, 7) is 2.00. The normalized spacial score (nSPS) is 10.9. The molecule has 0 radical (unpaired) electrons. The Hall–Kier alpha value is -3.71. The number of aryl methyl sites for hydroxylation is 1. The van der Waals surface area contributed by atoms with Gasteiger partial charge < -0.3 is 11.5 Å². The molecule has 7 heteroatoms. The zero-order valence-electron chi connectivity index (χ0n) is 15.4. The van der Waals surface area contributed by atoms with Crippen LogP contribution in [0.5, 0.6) is 0 Å². The summed E-state index contributed by atoms with van der Waals surface area (Å²) in [5.74, 6) is -0.0162. The minimum absolute atomic E-state index is 0.181. The molecule has 0 aliphatic rings. The Labute approximate surface area is 162 Å². The molecular formula is C21H21N5O2. The monoisotopic (exact) mass is 375 g/mol. The fourth-order valence-corrected chi connectivity index (χ4v) is 2.94. The van der Waals surface area contributed by atoms with Crippen molar-refractivity contribution in [2.75, 3.05) is 11.5 Å². The molecule has 0 saturated heterocycles. The second-order valence-corrected chi connectivity index (χ2v) is 6.15. The highest BCUT2D eigenvalue weighted by atomic mass is 16.5. The molecule has 0 unspecified atom stereocenters. The first-order valence-corrected chi connectivity index (χ1v) is 8.76. The number of amides is 1. The van der Waals surface area contributed by atoms with Crippen molar-refractivity contribution >= 4 is 23.7 Å². The van der Waals surface area contributed by atoms with E-state index >= 15 is 0 Å². The van der Waals surface area contributed by atoms with Gasteiger partial charge in [0.15, 0.2) is 0 Å². The molecule has 0 bridgehead atoms. The fourth-order valence-electron chi connectivity index (χ4n) is 2.94. The highest BCUT2D eigenvalue weighted by Gasteiger charge is 2.12. The van der Waals surface area contributed by atoms with E-state index in [1.54, 1.807) is 11.6 Å². The summed E-state index contributed by atoms with van der Waals surface area (Å²) < 4.78 is 0. The second kappa shape index (κ2) is 8.32. The predicted molar refractivity (Wildman–Crippen MR) is 110 cm³/mol. The van der Waals surface area contributed by atoms with E-state index < -0.39 is 5.91 Å². The standard InChI is InChI=1S/C21H21N5O2/c1-2-17-19(20(22)25-21(23)24-17)16-10-8-15(9-11-16)14-6-3-13(4-7-14)5-12-18(27)26-28/h3-12,28H,2H2,1H3,(H,26,27)(H4,22,23,24,25)/b12-5+. The topological polar surface area (TPSA) is 127 Å². The summed E-state index contributed by atoms with van der Waals surface area (Å²) in [6, 6.07) is 15.7. The first kappa shape index (κ1) is 19.1. The number of rotatable bonds is 5. The van der Waals surface area contributed by atoms with Crippen LogP contribution in [0.1, 0.15) is 18.2 Å². The van der Waals surface area contributed by atoms with Gasteiger partial charge in [0.1, 0.15) is 5.82 Å². The average Bonchev–Trinajstić information content (AvgIpc) is 2.72. The van der Waals surface area contributed by atoms with Gasteiger partial charge in [0.05, 0.1) is 5.69 Å². The van der Waals surface area contributed by atoms with Crippen LogP contribution in [0.15, 0.2) is 54.6 Å². The van der Waals surface area contributed by atoms with Crippen LogP contribution in [-0.2, 0) is 11.2 Å². The molecule has 0 aliphatic carbocycles. The van der Waals surface area contributed by atoms with Crippen LogP contribution in [0.4, 0.5) is 11.8 Å². The highest BCUT2D eigenvalue weighted by Crippen LogP contribution is 2.30. The van der Waals surface area contributed by atoms with Crippen molar-refractivity contribution in [3.05, 3.63) is 65.9 Å². The van der Waals surface area contributed by atoms with Crippen molar-refractivity contribution in [2.24, 2.45) is 0 Å². The van der Waals surface area contributed by atoms with Crippen LogP contribution >= 0.6 is 0 Å². The first-order chi connectivity index (χ1) is 13.5. The Kier molecular flexibility index (Phi) is 5.67. The quantitative estimate of drug-likeness (QED) is 0.308. The second-order valence-electron chi connectivity index (χ2n) is 6.15. The number of hydrogen-bond donors (Lipinski definition) is 4.